The third-order valence-electron chi connectivity index (χ3n) is 8.09. The number of piperidine rings is 1. The van der Waals surface area contributed by atoms with Crippen LogP contribution in [0.5, 0.6) is 5.88 Å². The van der Waals surface area contributed by atoms with E-state index in [-0.39, 0.29) is 24.0 Å². The Labute approximate surface area is 259 Å². The number of rotatable bonds is 11. The molecule has 4 heterocycles. The number of likely N-dealkylation sites (tertiary alicyclic amines) is 1. The predicted octanol–water partition coefficient (Wildman–Crippen LogP) is 5.49. The van der Waals surface area contributed by atoms with Crippen molar-refractivity contribution >= 4 is 28.8 Å². The van der Waals surface area contributed by atoms with E-state index in [1.807, 2.05) is 36.4 Å². The lowest BCUT2D eigenvalue weighted by Crippen LogP contribution is -2.39. The van der Waals surface area contributed by atoms with Gasteiger partial charge in [-0.25, -0.2) is 19.2 Å². The van der Waals surface area contributed by atoms with Gasteiger partial charge in [0, 0.05) is 37.3 Å². The Kier molecular flexibility index (Phi) is 9.40. The summed E-state index contributed by atoms with van der Waals surface area (Å²) < 4.78 is 33.3. The van der Waals surface area contributed by atoms with Crippen molar-refractivity contribution in [2.24, 2.45) is 0 Å². The number of hydrogen-bond acceptors (Lipinski definition) is 9. The second-order valence-electron chi connectivity index (χ2n) is 11.1. The Morgan fingerprint density at radius 3 is 2.68 bits per heavy atom. The summed E-state index contributed by atoms with van der Waals surface area (Å²) in [5, 5.41) is 8.93. The summed E-state index contributed by atoms with van der Waals surface area (Å²) >= 11 is 1.57. The Hall–Kier alpha value is -3.98. The highest BCUT2D eigenvalue weighted by Crippen LogP contribution is 2.26. The fourth-order valence-electron chi connectivity index (χ4n) is 5.53. The SMILES string of the molecule is COC(=O)c1ccc2nc(CN3CCC(Oc4cccc(CSCc5ccc(C#N)cc5F)n4)CC3)n(C[C@@H]3CCO3)c2c1. The Morgan fingerprint density at radius 2 is 1.95 bits per heavy atom. The first-order chi connectivity index (χ1) is 21.5. The number of pyridine rings is 1. The zero-order valence-electron chi connectivity index (χ0n) is 24.6. The van der Waals surface area contributed by atoms with E-state index in [1.54, 1.807) is 30.0 Å². The lowest BCUT2D eigenvalue weighted by atomic mass is 10.1. The number of esters is 1. The lowest BCUT2D eigenvalue weighted by molar-refractivity contribution is -0.0592. The first-order valence-corrected chi connectivity index (χ1v) is 15.9. The average Bonchev–Trinajstić information content (AvgIpc) is 3.36. The zero-order valence-corrected chi connectivity index (χ0v) is 25.4. The van der Waals surface area contributed by atoms with Crippen molar-refractivity contribution in [1.82, 2.24) is 19.4 Å². The first kappa shape index (κ1) is 30.1. The molecule has 9 nitrogen and oxygen atoms in total. The molecule has 2 aromatic heterocycles. The van der Waals surface area contributed by atoms with E-state index in [2.05, 4.69) is 14.5 Å². The summed E-state index contributed by atoms with van der Waals surface area (Å²) in [6, 6.07) is 17.8. The standard InChI is InChI=1S/C33H34FN5O4S/c1-41-33(40)23-7-8-29-30(16-23)39(18-27-11-14-42-27)31(37-29)19-38-12-9-26(10-13-38)43-32-4-2-3-25(36-32)21-44-20-24-6-5-22(17-35)15-28(24)34/h2-8,15-16,26-27H,9-14,18-21H2,1H3/t27-/m0/s1. The van der Waals surface area contributed by atoms with E-state index in [9.17, 15) is 9.18 Å². The maximum atomic E-state index is 14.2. The van der Waals surface area contributed by atoms with Gasteiger partial charge >= 0.3 is 5.97 Å². The van der Waals surface area contributed by atoms with Crippen LogP contribution in [0.4, 0.5) is 4.39 Å². The molecule has 0 radical (unpaired) electrons. The molecule has 0 spiro atoms. The molecule has 0 bridgehead atoms. The molecule has 2 fully saturated rings. The number of thioether (sulfide) groups is 1. The van der Waals surface area contributed by atoms with E-state index in [0.29, 0.717) is 47.2 Å². The molecule has 2 saturated heterocycles. The highest BCUT2D eigenvalue weighted by molar-refractivity contribution is 7.97. The molecule has 0 N–H and O–H groups in total. The number of hydrogen-bond donors (Lipinski definition) is 0. The summed E-state index contributed by atoms with van der Waals surface area (Å²) in [6.45, 7) is 3.92. The second kappa shape index (κ2) is 13.8. The van der Waals surface area contributed by atoms with Gasteiger partial charge in [0.1, 0.15) is 17.7 Å². The molecule has 0 amide bonds. The summed E-state index contributed by atoms with van der Waals surface area (Å²) in [5.41, 5.74) is 4.06. The smallest absolute Gasteiger partial charge is 0.337 e. The number of ether oxygens (including phenoxy) is 3. The Bertz CT molecular complexity index is 1680. The van der Waals surface area contributed by atoms with Gasteiger partial charge in [-0.2, -0.15) is 17.0 Å². The lowest BCUT2D eigenvalue weighted by Gasteiger charge is -2.32. The Morgan fingerprint density at radius 1 is 1.11 bits per heavy atom. The number of fused-ring (bicyclic) bond motifs is 1. The van der Waals surface area contributed by atoms with Gasteiger partial charge in [-0.05, 0) is 61.2 Å². The maximum absolute atomic E-state index is 14.2. The fourth-order valence-corrected chi connectivity index (χ4v) is 6.46. The maximum Gasteiger partial charge on any atom is 0.337 e. The number of nitrogens with zero attached hydrogens (tertiary/aromatic N) is 5. The van der Waals surface area contributed by atoms with Gasteiger partial charge in [-0.3, -0.25) is 4.90 Å². The molecular formula is C33H34FN5O4S. The first-order valence-electron chi connectivity index (χ1n) is 14.8. The number of halogens is 1. The van der Waals surface area contributed by atoms with Gasteiger partial charge in [0.2, 0.25) is 5.88 Å². The molecule has 0 saturated carbocycles. The molecular weight excluding hydrogens is 581 g/mol. The van der Waals surface area contributed by atoms with Crippen LogP contribution in [0, 0.1) is 17.1 Å². The number of imidazole rings is 1. The molecule has 44 heavy (non-hydrogen) atoms. The number of methoxy groups -OCH3 is 1. The molecule has 2 aromatic carbocycles. The third kappa shape index (κ3) is 7.04. The van der Waals surface area contributed by atoms with Crippen LogP contribution in [-0.2, 0) is 34.1 Å². The van der Waals surface area contributed by atoms with Gasteiger partial charge in [0.15, 0.2) is 0 Å². The van der Waals surface area contributed by atoms with E-state index >= 15 is 0 Å². The van der Waals surface area contributed by atoms with Crippen LogP contribution in [-0.4, -0.2) is 64.4 Å². The number of carbonyl (C=O) groups is 1. The monoisotopic (exact) mass is 615 g/mol. The minimum absolute atomic E-state index is 0.0687. The molecule has 0 aliphatic carbocycles. The van der Waals surface area contributed by atoms with Gasteiger partial charge in [0.25, 0.3) is 0 Å². The highest BCUT2D eigenvalue weighted by atomic mass is 32.2. The van der Waals surface area contributed by atoms with Crippen molar-refractivity contribution in [1.29, 1.82) is 5.26 Å². The normalized spacial score (nSPS) is 17.2. The van der Waals surface area contributed by atoms with Gasteiger partial charge in [0.05, 0.1) is 60.2 Å². The molecule has 1 atom stereocenters. The molecule has 0 unspecified atom stereocenters. The van der Waals surface area contributed by atoms with E-state index in [0.717, 1.165) is 61.5 Å². The van der Waals surface area contributed by atoms with Crippen LogP contribution in [0.2, 0.25) is 0 Å². The molecule has 11 heteroatoms. The summed E-state index contributed by atoms with van der Waals surface area (Å²) in [7, 11) is 1.39. The molecule has 6 rings (SSSR count). The molecule has 228 valence electrons. The van der Waals surface area contributed by atoms with Crippen LogP contribution >= 0.6 is 11.8 Å². The van der Waals surface area contributed by atoms with Crippen LogP contribution in [0.1, 0.15) is 52.3 Å². The van der Waals surface area contributed by atoms with Gasteiger partial charge in [-0.15, -0.1) is 0 Å². The van der Waals surface area contributed by atoms with E-state index < -0.39 is 0 Å². The highest BCUT2D eigenvalue weighted by Gasteiger charge is 2.26. The third-order valence-corrected chi connectivity index (χ3v) is 9.10. The number of aromatic nitrogens is 3. The molecule has 2 aliphatic rings. The van der Waals surface area contributed by atoms with Crippen molar-refractivity contribution < 1.29 is 23.4 Å². The van der Waals surface area contributed by atoms with Crippen molar-refractivity contribution in [2.45, 2.75) is 56.1 Å². The number of carbonyl (C=O) groups excluding carboxylic acids is 1. The predicted molar refractivity (Wildman–Crippen MR) is 165 cm³/mol. The summed E-state index contributed by atoms with van der Waals surface area (Å²) in [4.78, 5) is 24.2. The van der Waals surface area contributed by atoms with Gasteiger partial charge < -0.3 is 18.8 Å². The second-order valence-corrected chi connectivity index (χ2v) is 12.1. The minimum atomic E-state index is -0.361. The minimum Gasteiger partial charge on any atom is -0.474 e. The van der Waals surface area contributed by atoms with Gasteiger partial charge in [-0.1, -0.05) is 12.1 Å². The largest absolute Gasteiger partial charge is 0.474 e. The average molecular weight is 616 g/mol. The van der Waals surface area contributed by atoms with Crippen LogP contribution in [0.3, 0.4) is 0 Å². The summed E-state index contributed by atoms with van der Waals surface area (Å²) in [5.74, 6) is 1.98. The van der Waals surface area contributed by atoms with Crippen molar-refractivity contribution in [3.63, 3.8) is 0 Å². The van der Waals surface area contributed by atoms with Crippen LogP contribution in [0.15, 0.2) is 54.6 Å². The molecule has 4 aromatic rings. The van der Waals surface area contributed by atoms with Crippen LogP contribution < -0.4 is 4.74 Å². The van der Waals surface area contributed by atoms with Crippen molar-refractivity contribution in [2.75, 3.05) is 26.8 Å². The van der Waals surface area contributed by atoms with Crippen LogP contribution in [0.25, 0.3) is 11.0 Å². The number of nitriles is 1. The fraction of sp³-hybridized carbons (Fsp3) is 0.394. The topological polar surface area (TPSA) is 102 Å². The Balaban J connectivity index is 1.03. The zero-order chi connectivity index (χ0) is 30.5. The van der Waals surface area contributed by atoms with E-state index in [4.69, 9.17) is 24.5 Å². The van der Waals surface area contributed by atoms with E-state index in [1.165, 1.54) is 13.2 Å². The number of benzene rings is 2. The van der Waals surface area contributed by atoms with Crippen molar-refractivity contribution in [3.05, 3.63) is 88.6 Å². The van der Waals surface area contributed by atoms with Crippen molar-refractivity contribution in [3.8, 4) is 11.9 Å². The molecule has 2 aliphatic heterocycles. The summed E-state index contributed by atoms with van der Waals surface area (Å²) in [6.07, 6.45) is 2.99. The quantitative estimate of drug-likeness (QED) is 0.203.